The zero-order chi connectivity index (χ0) is 11.4. The maximum Gasteiger partial charge on any atom is 0.123 e. The predicted molar refractivity (Wildman–Crippen MR) is 65.7 cm³/mol. The second-order valence-corrected chi connectivity index (χ2v) is 5.66. The average molecular weight is 227 g/mol. The van der Waals surface area contributed by atoms with Gasteiger partial charge in [-0.25, -0.2) is 4.39 Å². The number of rotatable bonds is 4. The number of thioether (sulfide) groups is 1. The van der Waals surface area contributed by atoms with Crippen molar-refractivity contribution in [1.82, 2.24) is 0 Å². The van der Waals surface area contributed by atoms with Gasteiger partial charge in [-0.3, -0.25) is 0 Å². The van der Waals surface area contributed by atoms with E-state index in [2.05, 4.69) is 13.8 Å². The van der Waals surface area contributed by atoms with Gasteiger partial charge in [0, 0.05) is 11.8 Å². The highest BCUT2D eigenvalue weighted by atomic mass is 32.2. The van der Waals surface area contributed by atoms with Crippen LogP contribution in [0.4, 0.5) is 4.39 Å². The molecule has 0 aromatic heterocycles. The zero-order valence-electron chi connectivity index (χ0n) is 9.46. The van der Waals surface area contributed by atoms with E-state index >= 15 is 0 Å². The van der Waals surface area contributed by atoms with Gasteiger partial charge in [-0.15, -0.1) is 0 Å². The molecule has 1 aromatic rings. The summed E-state index contributed by atoms with van der Waals surface area (Å²) in [5, 5.41) is 0.561. The van der Waals surface area contributed by atoms with Crippen LogP contribution >= 0.6 is 11.8 Å². The van der Waals surface area contributed by atoms with E-state index in [9.17, 15) is 4.39 Å². The first-order valence-corrected chi connectivity index (χ1v) is 6.18. The summed E-state index contributed by atoms with van der Waals surface area (Å²) in [7, 11) is 0. The van der Waals surface area contributed by atoms with Crippen molar-refractivity contribution in [1.29, 1.82) is 0 Å². The first kappa shape index (κ1) is 12.5. The third kappa shape index (κ3) is 4.22. The minimum Gasteiger partial charge on any atom is -0.323 e. The summed E-state index contributed by atoms with van der Waals surface area (Å²) in [5.74, 6) is 0.635. The van der Waals surface area contributed by atoms with Crippen LogP contribution in [0.25, 0.3) is 0 Å². The number of nitrogens with two attached hydrogens (primary N) is 1. The molecule has 0 aliphatic heterocycles. The molecule has 1 rings (SSSR count). The van der Waals surface area contributed by atoms with Crippen LogP contribution in [0, 0.1) is 12.7 Å². The number of hydrogen-bond donors (Lipinski definition) is 1. The normalized spacial score (nSPS) is 13.2. The van der Waals surface area contributed by atoms with Gasteiger partial charge in [0.25, 0.3) is 0 Å². The third-order valence-electron chi connectivity index (χ3n) is 2.10. The number of halogens is 1. The molecule has 0 fully saturated rings. The maximum atomic E-state index is 13.1. The molecule has 0 amide bonds. The minimum absolute atomic E-state index is 0.0770. The predicted octanol–water partition coefficient (Wildman–Crippen LogP) is 3.28. The SMILES string of the molecule is Cc1cc(F)cc(C(N)CSC(C)C)c1. The van der Waals surface area contributed by atoms with Crippen LogP contribution in [0.5, 0.6) is 0 Å². The molecule has 1 nitrogen and oxygen atoms in total. The summed E-state index contributed by atoms with van der Waals surface area (Å²) < 4.78 is 13.1. The van der Waals surface area contributed by atoms with Gasteiger partial charge in [0.1, 0.15) is 5.82 Å². The third-order valence-corrected chi connectivity index (χ3v) is 3.32. The van der Waals surface area contributed by atoms with Crippen LogP contribution in [-0.2, 0) is 0 Å². The molecular weight excluding hydrogens is 209 g/mol. The van der Waals surface area contributed by atoms with E-state index in [1.165, 1.54) is 12.1 Å². The van der Waals surface area contributed by atoms with Crippen molar-refractivity contribution in [2.45, 2.75) is 32.1 Å². The lowest BCUT2D eigenvalue weighted by molar-refractivity contribution is 0.621. The smallest absolute Gasteiger partial charge is 0.123 e. The highest BCUT2D eigenvalue weighted by Gasteiger charge is 2.08. The number of benzene rings is 1. The average Bonchev–Trinajstić information content (AvgIpc) is 2.12. The summed E-state index contributed by atoms with van der Waals surface area (Å²) in [4.78, 5) is 0. The number of aryl methyl sites for hydroxylation is 1. The molecule has 2 N–H and O–H groups in total. The van der Waals surface area contributed by atoms with Crippen molar-refractivity contribution in [2.24, 2.45) is 5.73 Å². The molecule has 0 aliphatic rings. The monoisotopic (exact) mass is 227 g/mol. The molecule has 0 saturated heterocycles. The molecular formula is C12H18FNS. The van der Waals surface area contributed by atoms with E-state index in [0.29, 0.717) is 5.25 Å². The molecule has 15 heavy (non-hydrogen) atoms. The van der Waals surface area contributed by atoms with Crippen LogP contribution in [0.2, 0.25) is 0 Å². The van der Waals surface area contributed by atoms with Crippen LogP contribution < -0.4 is 5.73 Å². The van der Waals surface area contributed by atoms with Crippen LogP contribution in [0.3, 0.4) is 0 Å². The Kier molecular flexibility index (Phi) is 4.61. The second kappa shape index (κ2) is 5.52. The van der Waals surface area contributed by atoms with Gasteiger partial charge in [0.2, 0.25) is 0 Å². The highest BCUT2D eigenvalue weighted by Crippen LogP contribution is 2.20. The van der Waals surface area contributed by atoms with Crippen molar-refractivity contribution >= 4 is 11.8 Å². The summed E-state index contributed by atoms with van der Waals surface area (Å²) in [6.45, 7) is 6.15. The van der Waals surface area contributed by atoms with Crippen molar-refractivity contribution < 1.29 is 4.39 Å². The van der Waals surface area contributed by atoms with E-state index in [-0.39, 0.29) is 11.9 Å². The lowest BCUT2D eigenvalue weighted by atomic mass is 10.1. The van der Waals surface area contributed by atoms with Gasteiger partial charge in [-0.05, 0) is 35.4 Å². The highest BCUT2D eigenvalue weighted by molar-refractivity contribution is 7.99. The Morgan fingerprint density at radius 2 is 2.00 bits per heavy atom. The molecule has 1 unspecified atom stereocenters. The fourth-order valence-corrected chi connectivity index (χ4v) is 2.16. The minimum atomic E-state index is -0.199. The standard InChI is InChI=1S/C12H18FNS/c1-8(2)15-7-12(14)10-4-9(3)5-11(13)6-10/h4-6,8,12H,7,14H2,1-3H3. The van der Waals surface area contributed by atoms with Gasteiger partial charge in [-0.1, -0.05) is 19.9 Å². The van der Waals surface area contributed by atoms with Gasteiger partial charge in [0.15, 0.2) is 0 Å². The maximum absolute atomic E-state index is 13.1. The molecule has 84 valence electrons. The van der Waals surface area contributed by atoms with Gasteiger partial charge in [0.05, 0.1) is 0 Å². The van der Waals surface area contributed by atoms with Gasteiger partial charge >= 0.3 is 0 Å². The molecule has 0 heterocycles. The molecule has 0 spiro atoms. The quantitative estimate of drug-likeness (QED) is 0.854. The fourth-order valence-electron chi connectivity index (χ4n) is 1.37. The summed E-state index contributed by atoms with van der Waals surface area (Å²) >= 11 is 1.80. The molecule has 1 atom stereocenters. The van der Waals surface area contributed by atoms with E-state index < -0.39 is 0 Å². The largest absolute Gasteiger partial charge is 0.323 e. The molecule has 0 radical (unpaired) electrons. The Morgan fingerprint density at radius 1 is 1.33 bits per heavy atom. The van der Waals surface area contributed by atoms with Crippen molar-refractivity contribution in [2.75, 3.05) is 5.75 Å². The topological polar surface area (TPSA) is 26.0 Å². The number of hydrogen-bond acceptors (Lipinski definition) is 2. The fraction of sp³-hybridized carbons (Fsp3) is 0.500. The zero-order valence-corrected chi connectivity index (χ0v) is 10.3. The molecule has 0 bridgehead atoms. The van der Waals surface area contributed by atoms with E-state index in [0.717, 1.165) is 16.9 Å². The van der Waals surface area contributed by atoms with Crippen LogP contribution in [0.1, 0.15) is 31.0 Å². The Balaban J connectivity index is 2.68. The lowest BCUT2D eigenvalue weighted by Gasteiger charge is -2.14. The van der Waals surface area contributed by atoms with E-state index in [4.69, 9.17) is 5.73 Å². The molecule has 1 aromatic carbocycles. The van der Waals surface area contributed by atoms with E-state index in [1.807, 2.05) is 13.0 Å². The van der Waals surface area contributed by atoms with Crippen molar-refractivity contribution in [3.8, 4) is 0 Å². The molecule has 3 heteroatoms. The first-order chi connectivity index (χ1) is 6.99. The molecule has 0 aliphatic carbocycles. The Bertz CT molecular complexity index is 305. The van der Waals surface area contributed by atoms with Gasteiger partial charge < -0.3 is 5.73 Å². The summed E-state index contributed by atoms with van der Waals surface area (Å²) in [6, 6.07) is 4.92. The van der Waals surface area contributed by atoms with Crippen LogP contribution in [0.15, 0.2) is 18.2 Å². The Morgan fingerprint density at radius 3 is 2.53 bits per heavy atom. The molecule has 0 saturated carbocycles. The van der Waals surface area contributed by atoms with Crippen LogP contribution in [-0.4, -0.2) is 11.0 Å². The first-order valence-electron chi connectivity index (χ1n) is 5.13. The Hall–Kier alpha value is -0.540. The summed E-state index contributed by atoms with van der Waals surface area (Å²) in [5.41, 5.74) is 7.81. The lowest BCUT2D eigenvalue weighted by Crippen LogP contribution is -2.14. The Labute approximate surface area is 95.2 Å². The van der Waals surface area contributed by atoms with Gasteiger partial charge in [-0.2, -0.15) is 11.8 Å². The van der Waals surface area contributed by atoms with E-state index in [1.54, 1.807) is 11.8 Å². The second-order valence-electron chi connectivity index (χ2n) is 4.05. The van der Waals surface area contributed by atoms with Crippen molar-refractivity contribution in [3.63, 3.8) is 0 Å². The van der Waals surface area contributed by atoms with Crippen molar-refractivity contribution in [3.05, 3.63) is 35.1 Å². The summed E-state index contributed by atoms with van der Waals surface area (Å²) in [6.07, 6.45) is 0.